The summed E-state index contributed by atoms with van der Waals surface area (Å²) >= 11 is 9.22. The molecule has 0 aliphatic heterocycles. The predicted molar refractivity (Wildman–Crippen MR) is 45.9 cm³/mol. The summed E-state index contributed by atoms with van der Waals surface area (Å²) in [5.41, 5.74) is 0. The first-order chi connectivity index (χ1) is 3.55. The van der Waals surface area contributed by atoms with E-state index in [1.807, 2.05) is 6.92 Å². The summed E-state index contributed by atoms with van der Waals surface area (Å²) in [4.78, 5) is 1.05. The van der Waals surface area contributed by atoms with E-state index in [0.29, 0.717) is 5.92 Å². The SMILES string of the molecule is CC(C)C(=S)C(C)S. The van der Waals surface area contributed by atoms with Crippen molar-refractivity contribution in [3.8, 4) is 0 Å². The highest BCUT2D eigenvalue weighted by molar-refractivity contribution is 7.86. The highest BCUT2D eigenvalue weighted by atomic mass is 32.1. The van der Waals surface area contributed by atoms with Crippen LogP contribution >= 0.6 is 24.8 Å². The van der Waals surface area contributed by atoms with Gasteiger partial charge in [0, 0.05) is 10.1 Å². The molecule has 0 nitrogen and oxygen atoms in total. The monoisotopic (exact) mass is 148 g/mol. The molecule has 0 radical (unpaired) electrons. The third-order valence-corrected chi connectivity index (χ3v) is 2.26. The second-order valence-electron chi connectivity index (χ2n) is 2.23. The van der Waals surface area contributed by atoms with Gasteiger partial charge in [-0.3, -0.25) is 0 Å². The summed E-state index contributed by atoms with van der Waals surface area (Å²) in [5.74, 6) is 0.498. The van der Waals surface area contributed by atoms with Gasteiger partial charge in [-0.05, 0) is 12.8 Å². The molecule has 2 heteroatoms. The molecule has 0 spiro atoms. The van der Waals surface area contributed by atoms with E-state index < -0.39 is 0 Å². The van der Waals surface area contributed by atoms with Gasteiger partial charge in [0.15, 0.2) is 0 Å². The van der Waals surface area contributed by atoms with Crippen molar-refractivity contribution in [3.05, 3.63) is 0 Å². The highest BCUT2D eigenvalue weighted by Crippen LogP contribution is 2.06. The van der Waals surface area contributed by atoms with Crippen molar-refractivity contribution in [2.24, 2.45) is 5.92 Å². The topological polar surface area (TPSA) is 0 Å². The van der Waals surface area contributed by atoms with E-state index in [-0.39, 0.29) is 5.25 Å². The Labute approximate surface area is 62.1 Å². The second kappa shape index (κ2) is 3.46. The summed E-state index contributed by atoms with van der Waals surface area (Å²) in [7, 11) is 0. The Bertz CT molecular complexity index is 74.5. The van der Waals surface area contributed by atoms with Crippen molar-refractivity contribution >= 4 is 29.7 Å². The van der Waals surface area contributed by atoms with Crippen molar-refractivity contribution in [1.29, 1.82) is 0 Å². The summed E-state index contributed by atoms with van der Waals surface area (Å²) < 4.78 is 0. The number of hydrogen-bond donors (Lipinski definition) is 1. The zero-order valence-corrected chi connectivity index (χ0v) is 7.22. The van der Waals surface area contributed by atoms with Gasteiger partial charge in [0.1, 0.15) is 0 Å². The number of thiocarbonyl (C=S) groups is 1. The lowest BCUT2D eigenvalue weighted by Gasteiger charge is -2.08. The third kappa shape index (κ3) is 2.68. The van der Waals surface area contributed by atoms with Gasteiger partial charge in [-0.15, -0.1) is 0 Å². The first-order valence-corrected chi connectivity index (χ1v) is 3.70. The van der Waals surface area contributed by atoms with Gasteiger partial charge >= 0.3 is 0 Å². The van der Waals surface area contributed by atoms with E-state index in [9.17, 15) is 0 Å². The molecule has 0 heterocycles. The smallest absolute Gasteiger partial charge is 0.0305 e. The zero-order valence-electron chi connectivity index (χ0n) is 5.51. The standard InChI is InChI=1S/C6H12S2/c1-4(2)6(8)5(3)7/h4-5,7H,1-3H3. The molecule has 48 valence electrons. The maximum absolute atomic E-state index is 5.03. The Morgan fingerprint density at radius 3 is 1.75 bits per heavy atom. The largest absolute Gasteiger partial charge is 0.171 e. The minimum Gasteiger partial charge on any atom is -0.171 e. The fraction of sp³-hybridized carbons (Fsp3) is 0.833. The van der Waals surface area contributed by atoms with E-state index in [4.69, 9.17) is 12.2 Å². The maximum atomic E-state index is 5.03. The zero-order chi connectivity index (χ0) is 6.73. The van der Waals surface area contributed by atoms with Crippen LogP contribution in [0.3, 0.4) is 0 Å². The Morgan fingerprint density at radius 1 is 1.38 bits per heavy atom. The van der Waals surface area contributed by atoms with Crippen LogP contribution < -0.4 is 0 Å². The molecule has 0 fully saturated rings. The molecule has 0 rings (SSSR count). The summed E-state index contributed by atoms with van der Waals surface area (Å²) in [6.07, 6.45) is 0. The Morgan fingerprint density at radius 2 is 1.75 bits per heavy atom. The first-order valence-electron chi connectivity index (χ1n) is 2.77. The lowest BCUT2D eigenvalue weighted by atomic mass is 10.1. The normalized spacial score (nSPS) is 14.1. The number of thiol groups is 1. The quantitative estimate of drug-likeness (QED) is 0.463. The molecule has 0 aliphatic carbocycles. The van der Waals surface area contributed by atoms with E-state index in [1.54, 1.807) is 0 Å². The van der Waals surface area contributed by atoms with Crippen LogP contribution in [0.5, 0.6) is 0 Å². The van der Waals surface area contributed by atoms with Crippen LogP contribution in [0.4, 0.5) is 0 Å². The Hall–Kier alpha value is 0.440. The minimum atomic E-state index is 0.269. The molecule has 0 aromatic carbocycles. The van der Waals surface area contributed by atoms with Gasteiger partial charge in [-0.2, -0.15) is 12.6 Å². The number of rotatable bonds is 2. The average molecular weight is 148 g/mol. The molecular weight excluding hydrogens is 136 g/mol. The van der Waals surface area contributed by atoms with Crippen LogP contribution in [0.15, 0.2) is 0 Å². The molecule has 0 amide bonds. The van der Waals surface area contributed by atoms with Gasteiger partial charge in [-0.25, -0.2) is 0 Å². The lowest BCUT2D eigenvalue weighted by Crippen LogP contribution is -2.13. The van der Waals surface area contributed by atoms with Gasteiger partial charge in [0.05, 0.1) is 0 Å². The van der Waals surface area contributed by atoms with Crippen molar-refractivity contribution in [3.63, 3.8) is 0 Å². The Kier molecular flexibility index (Phi) is 3.65. The van der Waals surface area contributed by atoms with Gasteiger partial charge in [-0.1, -0.05) is 26.1 Å². The molecule has 0 N–H and O–H groups in total. The van der Waals surface area contributed by atoms with E-state index in [2.05, 4.69) is 26.5 Å². The molecule has 0 bridgehead atoms. The lowest BCUT2D eigenvalue weighted by molar-refractivity contribution is 0.882. The van der Waals surface area contributed by atoms with Crippen molar-refractivity contribution in [2.75, 3.05) is 0 Å². The minimum absolute atomic E-state index is 0.269. The molecule has 0 aromatic heterocycles. The van der Waals surface area contributed by atoms with Crippen LogP contribution in [0.1, 0.15) is 20.8 Å². The highest BCUT2D eigenvalue weighted by Gasteiger charge is 2.05. The molecule has 0 aliphatic rings. The average Bonchev–Trinajstić information content (AvgIpc) is 1.64. The van der Waals surface area contributed by atoms with E-state index >= 15 is 0 Å². The molecule has 0 saturated heterocycles. The summed E-state index contributed by atoms with van der Waals surface area (Å²) in [6, 6.07) is 0. The van der Waals surface area contributed by atoms with Crippen LogP contribution in [0, 0.1) is 5.92 Å². The number of hydrogen-bond acceptors (Lipinski definition) is 2. The molecule has 8 heavy (non-hydrogen) atoms. The molecule has 0 saturated carbocycles. The predicted octanol–water partition coefficient (Wildman–Crippen LogP) is 2.33. The Balaban J connectivity index is 3.65. The molecule has 1 atom stereocenters. The van der Waals surface area contributed by atoms with Gasteiger partial charge in [0.25, 0.3) is 0 Å². The summed E-state index contributed by atoms with van der Waals surface area (Å²) in [6.45, 7) is 6.19. The molecule has 1 unspecified atom stereocenters. The van der Waals surface area contributed by atoms with Gasteiger partial charge < -0.3 is 0 Å². The fourth-order valence-electron chi connectivity index (χ4n) is 0.482. The third-order valence-electron chi connectivity index (χ3n) is 0.981. The van der Waals surface area contributed by atoms with Gasteiger partial charge in [0.2, 0.25) is 0 Å². The fourth-order valence-corrected chi connectivity index (χ4v) is 0.781. The van der Waals surface area contributed by atoms with Crippen molar-refractivity contribution in [2.45, 2.75) is 26.0 Å². The van der Waals surface area contributed by atoms with Crippen LogP contribution in [-0.4, -0.2) is 10.1 Å². The first kappa shape index (κ1) is 8.44. The molecule has 0 aromatic rings. The van der Waals surface area contributed by atoms with E-state index in [0.717, 1.165) is 4.86 Å². The molecular formula is C6H12S2. The summed E-state index contributed by atoms with van der Waals surface area (Å²) in [5, 5.41) is 0.269. The maximum Gasteiger partial charge on any atom is 0.0305 e. The van der Waals surface area contributed by atoms with Crippen molar-refractivity contribution < 1.29 is 0 Å². The van der Waals surface area contributed by atoms with Crippen molar-refractivity contribution in [1.82, 2.24) is 0 Å². The van der Waals surface area contributed by atoms with E-state index in [1.165, 1.54) is 0 Å². The van der Waals surface area contributed by atoms with Crippen LogP contribution in [0.2, 0.25) is 0 Å². The van der Waals surface area contributed by atoms with Crippen LogP contribution in [-0.2, 0) is 0 Å². The second-order valence-corrected chi connectivity index (χ2v) is 3.48. The van der Waals surface area contributed by atoms with Crippen LogP contribution in [0.25, 0.3) is 0 Å².